The fourth-order valence-corrected chi connectivity index (χ4v) is 6.48. The molecule has 0 aliphatic carbocycles. The summed E-state index contributed by atoms with van der Waals surface area (Å²) >= 11 is 12.6. The van der Waals surface area contributed by atoms with Gasteiger partial charge in [-0.1, -0.05) is 56.1 Å². The molecule has 42 heavy (non-hydrogen) atoms. The molecule has 3 atom stereocenters. The van der Waals surface area contributed by atoms with Crippen molar-refractivity contribution in [1.82, 2.24) is 10.2 Å². The van der Waals surface area contributed by atoms with E-state index < -0.39 is 23.3 Å². The summed E-state index contributed by atoms with van der Waals surface area (Å²) in [5, 5.41) is 9.65. The highest BCUT2D eigenvalue weighted by Crippen LogP contribution is 2.54. The third-order valence-electron chi connectivity index (χ3n) is 7.91. The SMILES string of the molecule is CN(C)C(=O)c1ccc(NC(=O)[C@@H]2CC3(C(=O)Nc4cc(Cl)cc(-c5cccc(Cl)c5F)c43)[C@@H](CC(C)(C)C)N2)cc1. The lowest BCUT2D eigenvalue weighted by Gasteiger charge is -2.34. The van der Waals surface area contributed by atoms with Crippen molar-refractivity contribution in [3.8, 4) is 11.1 Å². The van der Waals surface area contributed by atoms with Crippen molar-refractivity contribution >= 4 is 52.3 Å². The van der Waals surface area contributed by atoms with Gasteiger partial charge in [0.15, 0.2) is 0 Å². The molecule has 2 heterocycles. The van der Waals surface area contributed by atoms with E-state index in [1.54, 1.807) is 62.6 Å². The van der Waals surface area contributed by atoms with Gasteiger partial charge in [-0.25, -0.2) is 4.39 Å². The zero-order chi connectivity index (χ0) is 30.6. The molecular formula is C32H33Cl2FN4O3. The van der Waals surface area contributed by atoms with E-state index in [4.69, 9.17) is 23.2 Å². The highest BCUT2D eigenvalue weighted by atomic mass is 35.5. The quantitative estimate of drug-likeness (QED) is 0.308. The van der Waals surface area contributed by atoms with Crippen LogP contribution in [0.15, 0.2) is 54.6 Å². The van der Waals surface area contributed by atoms with Crippen molar-refractivity contribution in [2.24, 2.45) is 5.41 Å². The minimum absolute atomic E-state index is 0.0427. The van der Waals surface area contributed by atoms with Gasteiger partial charge in [0.1, 0.15) is 5.82 Å². The Labute approximate surface area is 254 Å². The average Bonchev–Trinajstić information content (AvgIpc) is 3.41. The Bertz CT molecular complexity index is 1590. The van der Waals surface area contributed by atoms with Crippen LogP contribution in [-0.4, -0.2) is 48.8 Å². The predicted molar refractivity (Wildman–Crippen MR) is 165 cm³/mol. The maximum absolute atomic E-state index is 15.4. The summed E-state index contributed by atoms with van der Waals surface area (Å²) in [7, 11) is 3.34. The highest BCUT2D eigenvalue weighted by molar-refractivity contribution is 6.32. The first kappa shape index (κ1) is 30.0. The fourth-order valence-electron chi connectivity index (χ4n) is 6.09. The van der Waals surface area contributed by atoms with Crippen molar-refractivity contribution in [1.29, 1.82) is 0 Å². The largest absolute Gasteiger partial charge is 0.345 e. The van der Waals surface area contributed by atoms with E-state index in [1.807, 2.05) is 0 Å². The molecule has 3 aromatic rings. The van der Waals surface area contributed by atoms with E-state index in [9.17, 15) is 14.4 Å². The first-order valence-corrected chi connectivity index (χ1v) is 14.5. The fraction of sp³-hybridized carbons (Fsp3) is 0.344. The third kappa shape index (κ3) is 5.39. The van der Waals surface area contributed by atoms with Gasteiger partial charge in [-0.2, -0.15) is 0 Å². The van der Waals surface area contributed by atoms with E-state index in [0.717, 1.165) is 0 Å². The molecule has 3 aromatic carbocycles. The first-order chi connectivity index (χ1) is 19.7. The van der Waals surface area contributed by atoms with Gasteiger partial charge in [0.05, 0.1) is 16.5 Å². The number of fused-ring (bicyclic) bond motifs is 2. The lowest BCUT2D eigenvalue weighted by atomic mass is 9.68. The normalized spacial score (nSPS) is 21.3. The first-order valence-electron chi connectivity index (χ1n) is 13.7. The number of amides is 3. The summed E-state index contributed by atoms with van der Waals surface area (Å²) in [5.74, 6) is -1.34. The molecule has 0 bridgehead atoms. The Morgan fingerprint density at radius 1 is 1.07 bits per heavy atom. The second kappa shape index (κ2) is 11.0. The van der Waals surface area contributed by atoms with Crippen molar-refractivity contribution in [3.63, 3.8) is 0 Å². The van der Waals surface area contributed by atoms with E-state index in [-0.39, 0.29) is 40.1 Å². The average molecular weight is 612 g/mol. The molecule has 2 aliphatic heterocycles. The number of halogens is 3. The number of benzene rings is 3. The van der Waals surface area contributed by atoms with Crippen LogP contribution in [0.2, 0.25) is 10.0 Å². The molecule has 1 spiro atoms. The second-order valence-electron chi connectivity index (χ2n) is 12.4. The van der Waals surface area contributed by atoms with Crippen LogP contribution in [0.3, 0.4) is 0 Å². The molecule has 1 fully saturated rings. The summed E-state index contributed by atoms with van der Waals surface area (Å²) in [6, 6.07) is 13.5. The van der Waals surface area contributed by atoms with Crippen LogP contribution >= 0.6 is 23.2 Å². The topological polar surface area (TPSA) is 90.5 Å². The van der Waals surface area contributed by atoms with E-state index in [1.165, 1.54) is 11.0 Å². The number of rotatable bonds is 5. The summed E-state index contributed by atoms with van der Waals surface area (Å²) in [5.41, 5.74) is 1.41. The molecule has 3 amide bonds. The molecule has 1 unspecified atom stereocenters. The van der Waals surface area contributed by atoms with Crippen LogP contribution in [-0.2, 0) is 15.0 Å². The number of carbonyl (C=O) groups is 3. The van der Waals surface area contributed by atoms with Crippen LogP contribution in [0.25, 0.3) is 11.1 Å². The minimum atomic E-state index is -1.18. The van der Waals surface area contributed by atoms with Gasteiger partial charge >= 0.3 is 0 Å². The lowest BCUT2D eigenvalue weighted by Crippen LogP contribution is -2.48. The Hall–Kier alpha value is -3.46. The zero-order valence-electron chi connectivity index (χ0n) is 24.1. The molecule has 220 valence electrons. The van der Waals surface area contributed by atoms with Gasteiger partial charge in [-0.05, 0) is 66.3 Å². The highest BCUT2D eigenvalue weighted by Gasteiger charge is 2.60. The molecule has 3 N–H and O–H groups in total. The second-order valence-corrected chi connectivity index (χ2v) is 13.3. The summed E-state index contributed by atoms with van der Waals surface area (Å²) in [6.07, 6.45) is 0.706. The number of anilines is 2. The van der Waals surface area contributed by atoms with Gasteiger partial charge in [0, 0.05) is 53.2 Å². The standard InChI is InChI=1S/C32H33Cl2FN4O3/c1-31(2,3)16-25-32(15-24(37-25)28(40)36-19-11-9-17(10-12-19)29(41)39(4)5)26-21(20-7-6-8-22(34)27(20)35)13-18(33)14-23(26)38-30(32)42/h6-14,24-25,37H,15-16H2,1-5H3,(H,36,40)(H,38,42)/t24-,25+,32?/m0/s1. The molecule has 1 saturated heterocycles. The number of nitrogens with zero attached hydrogens (tertiary/aromatic N) is 1. The van der Waals surface area contributed by atoms with Gasteiger partial charge in [0.2, 0.25) is 11.8 Å². The summed E-state index contributed by atoms with van der Waals surface area (Å²) < 4.78 is 15.4. The predicted octanol–water partition coefficient (Wildman–Crippen LogP) is 6.50. The Morgan fingerprint density at radius 3 is 2.40 bits per heavy atom. The van der Waals surface area contributed by atoms with E-state index in [0.29, 0.717) is 39.5 Å². The number of nitrogens with one attached hydrogen (secondary N) is 3. The number of hydrogen-bond donors (Lipinski definition) is 3. The number of carbonyl (C=O) groups excluding carboxylic acids is 3. The molecule has 0 aromatic heterocycles. The summed E-state index contributed by atoms with van der Waals surface area (Å²) in [4.78, 5) is 41.4. The van der Waals surface area contributed by atoms with E-state index >= 15 is 4.39 Å². The maximum atomic E-state index is 15.4. The maximum Gasteiger partial charge on any atom is 0.253 e. The molecule has 2 aliphatic rings. The van der Waals surface area contributed by atoms with Gasteiger partial charge in [-0.15, -0.1) is 0 Å². The molecular weight excluding hydrogens is 578 g/mol. The Kier molecular flexibility index (Phi) is 7.85. The lowest BCUT2D eigenvalue weighted by molar-refractivity contribution is -0.121. The Balaban J connectivity index is 1.55. The van der Waals surface area contributed by atoms with Crippen molar-refractivity contribution in [2.75, 3.05) is 24.7 Å². The van der Waals surface area contributed by atoms with Crippen molar-refractivity contribution < 1.29 is 18.8 Å². The van der Waals surface area contributed by atoms with E-state index in [2.05, 4.69) is 36.7 Å². The molecule has 5 rings (SSSR count). The smallest absolute Gasteiger partial charge is 0.253 e. The molecule has 10 heteroatoms. The van der Waals surface area contributed by atoms with Crippen molar-refractivity contribution in [2.45, 2.75) is 51.1 Å². The van der Waals surface area contributed by atoms with Gasteiger partial charge in [0.25, 0.3) is 5.91 Å². The minimum Gasteiger partial charge on any atom is -0.345 e. The molecule has 7 nitrogen and oxygen atoms in total. The monoisotopic (exact) mass is 610 g/mol. The van der Waals surface area contributed by atoms with Gasteiger partial charge < -0.3 is 20.9 Å². The zero-order valence-corrected chi connectivity index (χ0v) is 25.6. The molecule has 0 saturated carbocycles. The van der Waals surface area contributed by atoms with Crippen LogP contribution in [0.1, 0.15) is 49.5 Å². The van der Waals surface area contributed by atoms with Gasteiger partial charge in [-0.3, -0.25) is 14.4 Å². The summed E-state index contributed by atoms with van der Waals surface area (Å²) in [6.45, 7) is 6.21. The van der Waals surface area contributed by atoms with Crippen LogP contribution < -0.4 is 16.0 Å². The van der Waals surface area contributed by atoms with Crippen LogP contribution in [0.5, 0.6) is 0 Å². The Morgan fingerprint density at radius 2 is 1.76 bits per heavy atom. The van der Waals surface area contributed by atoms with Crippen LogP contribution in [0.4, 0.5) is 15.8 Å². The van der Waals surface area contributed by atoms with Crippen LogP contribution in [0, 0.1) is 11.2 Å². The number of hydrogen-bond acceptors (Lipinski definition) is 4. The third-order valence-corrected chi connectivity index (χ3v) is 8.42. The molecule has 0 radical (unpaired) electrons. The van der Waals surface area contributed by atoms with Crippen molar-refractivity contribution in [3.05, 3.63) is 81.6 Å².